The first-order valence-electron chi connectivity index (χ1n) is 3.87. The van der Waals surface area contributed by atoms with Crippen LogP contribution in [0.5, 0.6) is 0 Å². The zero-order valence-electron chi connectivity index (χ0n) is 7.59. The maximum Gasteiger partial charge on any atom is 0.262 e. The van der Waals surface area contributed by atoms with Crippen LogP contribution in [-0.4, -0.2) is 30.4 Å². The number of rotatable bonds is 2. The smallest absolute Gasteiger partial charge is 0.262 e. The Balaban J connectivity index is 3.11. The molecule has 4 heteroatoms. The third-order valence-electron chi connectivity index (χ3n) is 1.82. The molecule has 0 heterocycles. The van der Waals surface area contributed by atoms with Crippen molar-refractivity contribution in [2.45, 2.75) is 6.43 Å². The second-order valence-corrected chi connectivity index (χ2v) is 3.63. The van der Waals surface area contributed by atoms with Crippen LogP contribution in [0.1, 0.15) is 12.0 Å². The van der Waals surface area contributed by atoms with E-state index in [-0.39, 0.29) is 5.56 Å². The summed E-state index contributed by atoms with van der Waals surface area (Å²) in [5.41, 5.74) is 0.873. The highest BCUT2D eigenvalue weighted by molar-refractivity contribution is 6.33. The van der Waals surface area contributed by atoms with E-state index in [2.05, 4.69) is 16.3 Å². The van der Waals surface area contributed by atoms with Crippen molar-refractivity contribution < 1.29 is 8.78 Å². The van der Waals surface area contributed by atoms with Crippen molar-refractivity contribution in [1.82, 2.24) is 0 Å². The highest BCUT2D eigenvalue weighted by atomic mass is 27.0. The van der Waals surface area contributed by atoms with E-state index in [1.165, 1.54) is 6.07 Å². The number of halogens is 2. The molecule has 0 aliphatic carbocycles. The van der Waals surface area contributed by atoms with E-state index in [0.717, 1.165) is 5.69 Å². The summed E-state index contributed by atoms with van der Waals surface area (Å²) in [6.07, 6.45) is -2.41. The standard InChI is InChI=1S/C9H10F2N.Al/c1-12(2)8-5-3-4-7(6-8)9(10)11;/h3,5-6,9H,1-2H3;. The zero-order valence-corrected chi connectivity index (χ0v) is 8.74. The number of benzene rings is 1. The third kappa shape index (κ3) is 2.43. The lowest BCUT2D eigenvalue weighted by Gasteiger charge is -2.15. The van der Waals surface area contributed by atoms with Crippen LogP contribution in [0.3, 0.4) is 0 Å². The molecule has 0 aliphatic heterocycles. The molecule has 0 atom stereocenters. The monoisotopic (exact) mass is 197 g/mol. The minimum atomic E-state index is -2.41. The Hall–Kier alpha value is -0.588. The number of nitrogens with zero attached hydrogens (tertiary/aromatic N) is 1. The van der Waals surface area contributed by atoms with E-state index in [1.807, 2.05) is 20.2 Å². The van der Waals surface area contributed by atoms with Crippen molar-refractivity contribution in [3.05, 3.63) is 23.8 Å². The van der Waals surface area contributed by atoms with Gasteiger partial charge in [-0.2, -0.15) is 0 Å². The lowest BCUT2D eigenvalue weighted by molar-refractivity contribution is 0.152. The molecule has 0 aliphatic rings. The molecule has 0 fully saturated rings. The molecule has 13 heavy (non-hydrogen) atoms. The van der Waals surface area contributed by atoms with Crippen molar-refractivity contribution >= 4 is 26.4 Å². The number of hydrogen-bond acceptors (Lipinski definition) is 1. The largest absolute Gasteiger partial charge is 0.378 e. The van der Waals surface area contributed by atoms with Gasteiger partial charge in [-0.25, -0.2) is 8.78 Å². The number of alkyl halides is 2. The van der Waals surface area contributed by atoms with Crippen molar-refractivity contribution in [3.63, 3.8) is 0 Å². The van der Waals surface area contributed by atoms with Crippen molar-refractivity contribution in [1.29, 1.82) is 0 Å². The first-order valence-corrected chi connectivity index (χ1v) is 4.45. The molecule has 2 radical (unpaired) electrons. The van der Waals surface area contributed by atoms with E-state index in [4.69, 9.17) is 0 Å². The van der Waals surface area contributed by atoms with Gasteiger partial charge in [-0.15, -0.1) is 4.43 Å². The van der Waals surface area contributed by atoms with Crippen LogP contribution in [0, 0.1) is 0 Å². The molecular weight excluding hydrogens is 187 g/mol. The summed E-state index contributed by atoms with van der Waals surface area (Å²) < 4.78 is 25.4. The normalized spacial score (nSPS) is 10.5. The van der Waals surface area contributed by atoms with Crippen molar-refractivity contribution in [2.75, 3.05) is 19.0 Å². The molecule has 0 amide bonds. The van der Waals surface area contributed by atoms with E-state index < -0.39 is 6.43 Å². The first-order chi connectivity index (χ1) is 6.02. The van der Waals surface area contributed by atoms with Crippen molar-refractivity contribution in [2.24, 2.45) is 0 Å². The molecule has 1 aromatic carbocycles. The highest BCUT2D eigenvalue weighted by Crippen LogP contribution is 2.20. The van der Waals surface area contributed by atoms with Crippen LogP contribution < -0.4 is 9.33 Å². The minimum absolute atomic E-state index is 0.0798. The summed E-state index contributed by atoms with van der Waals surface area (Å²) >= 11 is 2.31. The van der Waals surface area contributed by atoms with Crippen LogP contribution in [0.25, 0.3) is 0 Å². The van der Waals surface area contributed by atoms with Crippen LogP contribution >= 0.6 is 0 Å². The van der Waals surface area contributed by atoms with Gasteiger partial charge in [-0.3, -0.25) is 0 Å². The Morgan fingerprint density at radius 2 is 1.92 bits per heavy atom. The molecule has 0 bridgehead atoms. The van der Waals surface area contributed by atoms with Crippen LogP contribution in [0.4, 0.5) is 14.5 Å². The fraction of sp³-hybridized carbons (Fsp3) is 0.333. The van der Waals surface area contributed by atoms with Gasteiger partial charge in [0.2, 0.25) is 0 Å². The third-order valence-corrected chi connectivity index (χ3v) is 2.35. The fourth-order valence-corrected chi connectivity index (χ4v) is 1.33. The van der Waals surface area contributed by atoms with E-state index in [0.29, 0.717) is 4.43 Å². The van der Waals surface area contributed by atoms with Gasteiger partial charge in [0.05, 0.1) is 0 Å². The summed E-state index contributed by atoms with van der Waals surface area (Å²) in [5, 5.41) is 0. The molecule has 1 nitrogen and oxygen atoms in total. The van der Waals surface area contributed by atoms with Crippen LogP contribution in [-0.2, 0) is 0 Å². The lowest BCUT2D eigenvalue weighted by Crippen LogP contribution is -2.15. The summed E-state index contributed by atoms with van der Waals surface area (Å²) in [7, 11) is 3.65. The van der Waals surface area contributed by atoms with E-state index in [9.17, 15) is 8.78 Å². The molecular formula is C9H10AlF2N. The summed E-state index contributed by atoms with van der Waals surface area (Å²) in [4.78, 5) is 1.80. The second kappa shape index (κ2) is 4.08. The Labute approximate surface area is 84.8 Å². The SMILES string of the molecule is CN(C)c1cc[c]([Al])c(C(F)F)c1. The van der Waals surface area contributed by atoms with E-state index in [1.54, 1.807) is 11.0 Å². The fourth-order valence-electron chi connectivity index (χ4n) is 1.03. The van der Waals surface area contributed by atoms with E-state index >= 15 is 0 Å². The average molecular weight is 197 g/mol. The molecule has 1 aromatic rings. The molecule has 68 valence electrons. The van der Waals surface area contributed by atoms with Gasteiger partial charge in [0.1, 0.15) is 0 Å². The number of anilines is 1. The van der Waals surface area contributed by atoms with Crippen molar-refractivity contribution in [3.8, 4) is 0 Å². The minimum Gasteiger partial charge on any atom is -0.378 e. The zero-order chi connectivity index (χ0) is 10.0. The summed E-state index contributed by atoms with van der Waals surface area (Å²) in [6.45, 7) is 0. The highest BCUT2D eigenvalue weighted by Gasteiger charge is 2.10. The first kappa shape index (κ1) is 10.5. The molecule has 0 unspecified atom stereocenters. The predicted octanol–water partition coefficient (Wildman–Crippen LogP) is 1.48. The van der Waals surface area contributed by atoms with Gasteiger partial charge in [-0.05, 0) is 12.1 Å². The van der Waals surface area contributed by atoms with Gasteiger partial charge < -0.3 is 4.90 Å². The molecule has 0 aromatic heterocycles. The molecule has 0 saturated carbocycles. The summed E-state index contributed by atoms with van der Waals surface area (Å²) in [6, 6.07) is 5.00. The Kier molecular flexibility index (Phi) is 3.29. The predicted molar refractivity (Wildman–Crippen MR) is 51.1 cm³/mol. The Morgan fingerprint density at radius 3 is 2.38 bits per heavy atom. The van der Waals surface area contributed by atoms with Gasteiger partial charge in [0, 0.05) is 25.3 Å². The number of hydrogen-bond donors (Lipinski definition) is 0. The van der Waals surface area contributed by atoms with Gasteiger partial charge >= 0.3 is 0 Å². The van der Waals surface area contributed by atoms with Gasteiger partial charge in [0.15, 0.2) is 16.3 Å². The van der Waals surface area contributed by atoms with Crippen LogP contribution in [0.2, 0.25) is 0 Å². The second-order valence-electron chi connectivity index (χ2n) is 3.01. The molecule has 0 N–H and O–H groups in total. The Morgan fingerprint density at radius 1 is 1.31 bits per heavy atom. The summed E-state index contributed by atoms with van der Waals surface area (Å²) in [5.74, 6) is 0. The average Bonchev–Trinajstić information content (AvgIpc) is 2.04. The maximum absolute atomic E-state index is 12.4. The topological polar surface area (TPSA) is 3.24 Å². The Bertz CT molecular complexity index is 300. The molecule has 0 spiro atoms. The van der Waals surface area contributed by atoms with Gasteiger partial charge in [0.25, 0.3) is 6.43 Å². The lowest BCUT2D eigenvalue weighted by atomic mass is 10.2. The molecule has 0 saturated heterocycles. The van der Waals surface area contributed by atoms with Crippen LogP contribution in [0.15, 0.2) is 18.2 Å². The maximum atomic E-state index is 12.4. The molecule has 1 rings (SSSR count). The van der Waals surface area contributed by atoms with Gasteiger partial charge in [-0.1, -0.05) is 6.07 Å². The quantitative estimate of drug-likeness (QED) is 0.649.